The van der Waals surface area contributed by atoms with E-state index >= 15 is 0 Å². The van der Waals surface area contributed by atoms with Gasteiger partial charge in [0.1, 0.15) is 5.82 Å². The average molecular weight is 241 g/mol. The fourth-order valence-electron chi connectivity index (χ4n) is 2.53. The van der Waals surface area contributed by atoms with E-state index < -0.39 is 0 Å². The molecular formula is C15H19N3. The molecule has 3 heteroatoms. The van der Waals surface area contributed by atoms with Crippen LogP contribution in [0.3, 0.4) is 0 Å². The number of pyridine rings is 1. The SMILES string of the molecule is NCCC1(CNc2nccc3ccccc23)CC1. The molecule has 1 aliphatic rings. The summed E-state index contributed by atoms with van der Waals surface area (Å²) in [4.78, 5) is 4.46. The fourth-order valence-corrected chi connectivity index (χ4v) is 2.53. The first-order chi connectivity index (χ1) is 8.83. The topological polar surface area (TPSA) is 50.9 Å². The maximum atomic E-state index is 5.67. The molecule has 0 saturated heterocycles. The number of nitrogens with one attached hydrogen (secondary N) is 1. The van der Waals surface area contributed by atoms with Crippen molar-refractivity contribution in [3.05, 3.63) is 36.5 Å². The molecule has 3 rings (SSSR count). The van der Waals surface area contributed by atoms with Gasteiger partial charge in [0.15, 0.2) is 0 Å². The molecule has 0 amide bonds. The third kappa shape index (κ3) is 2.18. The van der Waals surface area contributed by atoms with Gasteiger partial charge in [-0.25, -0.2) is 4.98 Å². The third-order valence-corrected chi connectivity index (χ3v) is 3.94. The zero-order valence-electron chi connectivity index (χ0n) is 10.5. The van der Waals surface area contributed by atoms with Gasteiger partial charge >= 0.3 is 0 Å². The molecule has 0 atom stereocenters. The van der Waals surface area contributed by atoms with Crippen molar-refractivity contribution >= 4 is 16.6 Å². The minimum absolute atomic E-state index is 0.438. The number of nitrogens with zero attached hydrogens (tertiary/aromatic N) is 1. The van der Waals surface area contributed by atoms with Gasteiger partial charge in [0.25, 0.3) is 0 Å². The van der Waals surface area contributed by atoms with E-state index in [4.69, 9.17) is 5.73 Å². The molecule has 0 aliphatic heterocycles. The molecule has 0 spiro atoms. The monoisotopic (exact) mass is 241 g/mol. The first-order valence-electron chi connectivity index (χ1n) is 6.61. The smallest absolute Gasteiger partial charge is 0.133 e. The Labute approximate surface area is 107 Å². The molecule has 1 fully saturated rings. The molecule has 0 radical (unpaired) electrons. The molecule has 0 bridgehead atoms. The van der Waals surface area contributed by atoms with Gasteiger partial charge in [-0.1, -0.05) is 24.3 Å². The largest absolute Gasteiger partial charge is 0.369 e. The van der Waals surface area contributed by atoms with Crippen molar-refractivity contribution in [1.29, 1.82) is 0 Å². The summed E-state index contributed by atoms with van der Waals surface area (Å²) in [5.41, 5.74) is 6.11. The van der Waals surface area contributed by atoms with Crippen molar-refractivity contribution in [3.8, 4) is 0 Å². The predicted molar refractivity (Wildman–Crippen MR) is 75.6 cm³/mol. The quantitative estimate of drug-likeness (QED) is 0.846. The Morgan fingerprint density at radius 3 is 2.83 bits per heavy atom. The molecule has 0 unspecified atom stereocenters. The van der Waals surface area contributed by atoms with E-state index in [0.717, 1.165) is 25.3 Å². The second kappa shape index (κ2) is 4.58. The number of nitrogens with two attached hydrogens (primary N) is 1. The van der Waals surface area contributed by atoms with E-state index in [9.17, 15) is 0 Å². The number of aromatic nitrogens is 1. The Balaban J connectivity index is 1.79. The molecule has 3 N–H and O–H groups in total. The van der Waals surface area contributed by atoms with Crippen molar-refractivity contribution in [2.45, 2.75) is 19.3 Å². The molecule has 3 nitrogen and oxygen atoms in total. The second-order valence-electron chi connectivity index (χ2n) is 5.27. The van der Waals surface area contributed by atoms with Crippen molar-refractivity contribution in [2.75, 3.05) is 18.4 Å². The summed E-state index contributed by atoms with van der Waals surface area (Å²) in [5, 5.41) is 5.94. The van der Waals surface area contributed by atoms with Gasteiger partial charge < -0.3 is 11.1 Å². The second-order valence-corrected chi connectivity index (χ2v) is 5.27. The number of rotatable bonds is 5. The molecule has 1 heterocycles. The van der Waals surface area contributed by atoms with Crippen LogP contribution in [0.1, 0.15) is 19.3 Å². The number of hydrogen-bond acceptors (Lipinski definition) is 3. The minimum Gasteiger partial charge on any atom is -0.369 e. The lowest BCUT2D eigenvalue weighted by molar-refractivity contribution is 0.501. The highest BCUT2D eigenvalue weighted by atomic mass is 15.0. The van der Waals surface area contributed by atoms with Crippen LogP contribution in [-0.2, 0) is 0 Å². The van der Waals surface area contributed by atoms with Gasteiger partial charge in [-0.2, -0.15) is 0 Å². The average Bonchev–Trinajstić information content (AvgIpc) is 3.17. The van der Waals surface area contributed by atoms with Gasteiger partial charge in [0.05, 0.1) is 0 Å². The van der Waals surface area contributed by atoms with E-state index in [2.05, 4.69) is 34.6 Å². The van der Waals surface area contributed by atoms with E-state index in [1.165, 1.54) is 23.6 Å². The molecule has 94 valence electrons. The van der Waals surface area contributed by atoms with Crippen LogP contribution in [0.25, 0.3) is 10.8 Å². The van der Waals surface area contributed by atoms with Crippen LogP contribution in [0.5, 0.6) is 0 Å². The van der Waals surface area contributed by atoms with Crippen LogP contribution in [0.4, 0.5) is 5.82 Å². The molecule has 1 aliphatic carbocycles. The summed E-state index contributed by atoms with van der Waals surface area (Å²) in [6, 6.07) is 10.4. The number of fused-ring (bicyclic) bond motifs is 1. The molecule has 1 aromatic carbocycles. The lowest BCUT2D eigenvalue weighted by atomic mass is 10.0. The Hall–Kier alpha value is -1.61. The summed E-state index contributed by atoms with van der Waals surface area (Å²) in [6.07, 6.45) is 5.57. The minimum atomic E-state index is 0.438. The standard InChI is InChI=1S/C15H19N3/c16-9-8-15(6-7-15)11-18-14-13-4-2-1-3-12(13)5-10-17-14/h1-5,10H,6-9,11,16H2,(H,17,18). The lowest BCUT2D eigenvalue weighted by Crippen LogP contribution is -2.19. The van der Waals surface area contributed by atoms with E-state index in [0.29, 0.717) is 5.41 Å². The molecular weight excluding hydrogens is 222 g/mol. The molecule has 2 aromatic rings. The van der Waals surface area contributed by atoms with Gasteiger partial charge in [-0.05, 0) is 42.7 Å². The number of benzene rings is 1. The maximum Gasteiger partial charge on any atom is 0.133 e. The zero-order valence-corrected chi connectivity index (χ0v) is 10.5. The Morgan fingerprint density at radius 1 is 1.22 bits per heavy atom. The summed E-state index contributed by atoms with van der Waals surface area (Å²) in [6.45, 7) is 1.77. The molecule has 18 heavy (non-hydrogen) atoms. The van der Waals surface area contributed by atoms with Crippen molar-refractivity contribution in [1.82, 2.24) is 4.98 Å². The van der Waals surface area contributed by atoms with E-state index in [1.54, 1.807) is 0 Å². The molecule has 1 saturated carbocycles. The summed E-state index contributed by atoms with van der Waals surface area (Å²) in [5.74, 6) is 0.997. The van der Waals surface area contributed by atoms with Crippen LogP contribution in [-0.4, -0.2) is 18.1 Å². The van der Waals surface area contributed by atoms with Gasteiger partial charge in [-0.3, -0.25) is 0 Å². The van der Waals surface area contributed by atoms with E-state index in [1.807, 2.05) is 12.3 Å². The Bertz CT molecular complexity index is 541. The fraction of sp³-hybridized carbons (Fsp3) is 0.400. The highest BCUT2D eigenvalue weighted by molar-refractivity contribution is 5.91. The Kier molecular flexibility index (Phi) is 2.92. The predicted octanol–water partition coefficient (Wildman–Crippen LogP) is 2.78. The number of anilines is 1. The first-order valence-corrected chi connectivity index (χ1v) is 6.61. The normalized spacial score (nSPS) is 16.7. The number of hydrogen-bond donors (Lipinski definition) is 2. The Morgan fingerprint density at radius 2 is 2.06 bits per heavy atom. The molecule has 1 aromatic heterocycles. The third-order valence-electron chi connectivity index (χ3n) is 3.94. The van der Waals surface area contributed by atoms with Crippen LogP contribution in [0.2, 0.25) is 0 Å². The van der Waals surface area contributed by atoms with Gasteiger partial charge in [0, 0.05) is 18.1 Å². The first kappa shape index (κ1) is 11.5. The van der Waals surface area contributed by atoms with Crippen LogP contribution >= 0.6 is 0 Å². The summed E-state index contributed by atoms with van der Waals surface area (Å²) in [7, 11) is 0. The summed E-state index contributed by atoms with van der Waals surface area (Å²) < 4.78 is 0. The van der Waals surface area contributed by atoms with Crippen molar-refractivity contribution in [2.24, 2.45) is 11.1 Å². The highest BCUT2D eigenvalue weighted by Gasteiger charge is 2.41. The van der Waals surface area contributed by atoms with E-state index in [-0.39, 0.29) is 0 Å². The maximum absolute atomic E-state index is 5.67. The lowest BCUT2D eigenvalue weighted by Gasteiger charge is -2.16. The van der Waals surface area contributed by atoms with Crippen LogP contribution in [0.15, 0.2) is 36.5 Å². The van der Waals surface area contributed by atoms with Crippen molar-refractivity contribution < 1.29 is 0 Å². The van der Waals surface area contributed by atoms with Crippen LogP contribution < -0.4 is 11.1 Å². The summed E-state index contributed by atoms with van der Waals surface area (Å²) >= 11 is 0. The van der Waals surface area contributed by atoms with Gasteiger partial charge in [0.2, 0.25) is 0 Å². The van der Waals surface area contributed by atoms with Gasteiger partial charge in [-0.15, -0.1) is 0 Å². The van der Waals surface area contributed by atoms with Crippen molar-refractivity contribution in [3.63, 3.8) is 0 Å². The highest BCUT2D eigenvalue weighted by Crippen LogP contribution is 2.48. The van der Waals surface area contributed by atoms with Crippen LogP contribution in [0, 0.1) is 5.41 Å². The zero-order chi connectivity index (χ0) is 12.4.